The summed E-state index contributed by atoms with van der Waals surface area (Å²) in [5.74, 6) is 2.11. The highest BCUT2D eigenvalue weighted by Gasteiger charge is 2.23. The van der Waals surface area contributed by atoms with Crippen molar-refractivity contribution in [1.29, 1.82) is 0 Å². The largest absolute Gasteiger partial charge is 0.362 e. The molecule has 2 aliphatic rings. The van der Waals surface area contributed by atoms with Crippen LogP contribution in [-0.4, -0.2) is 23.0 Å². The molecule has 15 heavy (non-hydrogen) atoms. The van der Waals surface area contributed by atoms with Crippen LogP contribution in [0, 0.1) is 5.92 Å². The second kappa shape index (κ2) is 5.24. The summed E-state index contributed by atoms with van der Waals surface area (Å²) in [6, 6.07) is 1.13. The van der Waals surface area contributed by atoms with Gasteiger partial charge in [-0.05, 0) is 39.0 Å². The topological polar surface area (TPSA) is 24.4 Å². The maximum Gasteiger partial charge on any atom is 0.157 e. The monoisotopic (exact) mass is 226 g/mol. The van der Waals surface area contributed by atoms with Crippen molar-refractivity contribution in [1.82, 2.24) is 5.32 Å². The van der Waals surface area contributed by atoms with Gasteiger partial charge in [-0.3, -0.25) is 4.99 Å². The minimum absolute atomic E-state index is 0.518. The molecule has 0 saturated heterocycles. The van der Waals surface area contributed by atoms with Crippen molar-refractivity contribution in [3.05, 3.63) is 0 Å². The van der Waals surface area contributed by atoms with E-state index in [4.69, 9.17) is 0 Å². The van der Waals surface area contributed by atoms with E-state index in [0.717, 1.165) is 5.92 Å². The Morgan fingerprint density at radius 1 is 1.33 bits per heavy atom. The first-order valence-corrected chi connectivity index (χ1v) is 7.21. The number of thioether (sulfide) groups is 1. The van der Waals surface area contributed by atoms with Crippen molar-refractivity contribution in [2.75, 3.05) is 5.75 Å². The minimum atomic E-state index is 0.518. The highest BCUT2D eigenvalue weighted by Crippen LogP contribution is 2.28. The van der Waals surface area contributed by atoms with E-state index >= 15 is 0 Å². The van der Waals surface area contributed by atoms with Gasteiger partial charge in [0.25, 0.3) is 0 Å². The average molecular weight is 226 g/mol. The lowest BCUT2D eigenvalue weighted by Crippen LogP contribution is -2.37. The van der Waals surface area contributed by atoms with Crippen LogP contribution in [0.25, 0.3) is 0 Å². The van der Waals surface area contributed by atoms with Gasteiger partial charge in [-0.25, -0.2) is 0 Å². The summed E-state index contributed by atoms with van der Waals surface area (Å²) in [7, 11) is 0. The Morgan fingerprint density at radius 2 is 2.07 bits per heavy atom. The molecule has 1 fully saturated rings. The number of hydrogen-bond donors (Lipinski definition) is 1. The zero-order valence-electron chi connectivity index (χ0n) is 9.83. The van der Waals surface area contributed by atoms with E-state index in [0.29, 0.717) is 12.1 Å². The van der Waals surface area contributed by atoms with Crippen LogP contribution in [-0.2, 0) is 0 Å². The maximum absolute atomic E-state index is 4.66. The Kier molecular flexibility index (Phi) is 3.95. The number of nitrogens with zero attached hydrogens (tertiary/aromatic N) is 1. The molecule has 1 N–H and O–H groups in total. The van der Waals surface area contributed by atoms with Crippen molar-refractivity contribution < 1.29 is 0 Å². The molecule has 0 amide bonds. The summed E-state index contributed by atoms with van der Waals surface area (Å²) in [6.07, 6.45) is 6.89. The summed E-state index contributed by atoms with van der Waals surface area (Å²) in [6.45, 7) is 4.53. The Morgan fingerprint density at radius 3 is 2.73 bits per heavy atom. The standard InChI is InChI=1S/C12H22N2S/c1-9-7-8-15-12(13-9)14-10(2)11-5-3-4-6-11/h9-11H,3-8H2,1-2H3,(H,13,14). The fourth-order valence-electron chi connectivity index (χ4n) is 2.48. The first-order chi connectivity index (χ1) is 7.25. The zero-order chi connectivity index (χ0) is 10.7. The molecule has 0 radical (unpaired) electrons. The molecule has 2 atom stereocenters. The molecule has 2 nitrogen and oxygen atoms in total. The van der Waals surface area contributed by atoms with Crippen molar-refractivity contribution in [2.45, 2.75) is 58.0 Å². The van der Waals surface area contributed by atoms with Crippen molar-refractivity contribution in [3.8, 4) is 0 Å². The molecule has 0 aromatic rings. The van der Waals surface area contributed by atoms with Gasteiger partial charge in [-0.1, -0.05) is 24.6 Å². The average Bonchev–Trinajstić information content (AvgIpc) is 2.70. The molecular formula is C12H22N2S. The van der Waals surface area contributed by atoms with Crippen molar-refractivity contribution >= 4 is 16.9 Å². The minimum Gasteiger partial charge on any atom is -0.362 e. The van der Waals surface area contributed by atoms with Crippen LogP contribution in [0.3, 0.4) is 0 Å². The van der Waals surface area contributed by atoms with Crippen LogP contribution in [0.2, 0.25) is 0 Å². The maximum atomic E-state index is 4.66. The molecule has 0 bridgehead atoms. The first kappa shape index (κ1) is 11.3. The van der Waals surface area contributed by atoms with Gasteiger partial charge in [0.2, 0.25) is 0 Å². The molecule has 1 aliphatic carbocycles. The Bertz CT molecular complexity index is 234. The lowest BCUT2D eigenvalue weighted by atomic mass is 10.0. The summed E-state index contributed by atoms with van der Waals surface area (Å²) >= 11 is 1.89. The third-order valence-electron chi connectivity index (χ3n) is 3.57. The van der Waals surface area contributed by atoms with Crippen LogP contribution >= 0.6 is 11.8 Å². The second-order valence-electron chi connectivity index (χ2n) is 4.90. The van der Waals surface area contributed by atoms with Gasteiger partial charge in [0.05, 0.1) is 6.04 Å². The van der Waals surface area contributed by atoms with Gasteiger partial charge in [0.1, 0.15) is 0 Å². The number of nitrogens with one attached hydrogen (secondary N) is 1. The number of amidine groups is 1. The number of rotatable bonds is 2. The van der Waals surface area contributed by atoms with E-state index < -0.39 is 0 Å². The lowest BCUT2D eigenvalue weighted by Gasteiger charge is -2.25. The van der Waals surface area contributed by atoms with Crippen LogP contribution in [0.15, 0.2) is 4.99 Å². The zero-order valence-corrected chi connectivity index (χ0v) is 10.6. The molecule has 2 rings (SSSR count). The Labute approximate surface area is 97.3 Å². The molecule has 1 saturated carbocycles. The van der Waals surface area contributed by atoms with Gasteiger partial charge >= 0.3 is 0 Å². The van der Waals surface area contributed by atoms with Gasteiger partial charge in [0.15, 0.2) is 5.17 Å². The SMILES string of the molecule is CC1CCSC(NC(C)C2CCCC2)=N1. The van der Waals surface area contributed by atoms with Crippen molar-refractivity contribution in [3.63, 3.8) is 0 Å². The molecule has 1 heterocycles. The molecule has 3 heteroatoms. The second-order valence-corrected chi connectivity index (χ2v) is 5.98. The summed E-state index contributed by atoms with van der Waals surface area (Å²) in [5.41, 5.74) is 0. The normalized spacial score (nSPS) is 30.0. The summed E-state index contributed by atoms with van der Waals surface area (Å²) in [4.78, 5) is 4.66. The molecule has 0 aromatic carbocycles. The van der Waals surface area contributed by atoms with E-state index in [1.807, 2.05) is 11.8 Å². The Balaban J connectivity index is 1.84. The van der Waals surface area contributed by atoms with E-state index in [-0.39, 0.29) is 0 Å². The van der Waals surface area contributed by atoms with Gasteiger partial charge < -0.3 is 5.32 Å². The van der Waals surface area contributed by atoms with Gasteiger partial charge in [-0.15, -0.1) is 0 Å². The lowest BCUT2D eigenvalue weighted by molar-refractivity contribution is 0.427. The molecule has 2 unspecified atom stereocenters. The molecule has 0 aromatic heterocycles. The van der Waals surface area contributed by atoms with E-state index in [9.17, 15) is 0 Å². The van der Waals surface area contributed by atoms with E-state index in [1.165, 1.54) is 43.0 Å². The van der Waals surface area contributed by atoms with Crippen LogP contribution in [0.4, 0.5) is 0 Å². The van der Waals surface area contributed by atoms with Crippen molar-refractivity contribution in [2.24, 2.45) is 10.9 Å². The predicted molar refractivity (Wildman–Crippen MR) is 68.5 cm³/mol. The Hall–Kier alpha value is -0.180. The highest BCUT2D eigenvalue weighted by molar-refractivity contribution is 8.13. The number of hydrogen-bond acceptors (Lipinski definition) is 3. The fraction of sp³-hybridized carbons (Fsp3) is 0.917. The van der Waals surface area contributed by atoms with Gasteiger partial charge in [0, 0.05) is 11.8 Å². The van der Waals surface area contributed by atoms with Crippen LogP contribution < -0.4 is 5.32 Å². The smallest absolute Gasteiger partial charge is 0.157 e. The fourth-order valence-corrected chi connectivity index (χ4v) is 3.65. The van der Waals surface area contributed by atoms with Crippen LogP contribution in [0.1, 0.15) is 46.0 Å². The van der Waals surface area contributed by atoms with Gasteiger partial charge in [-0.2, -0.15) is 0 Å². The molecule has 1 aliphatic heterocycles. The quantitative estimate of drug-likeness (QED) is 0.782. The highest BCUT2D eigenvalue weighted by atomic mass is 32.2. The third kappa shape index (κ3) is 3.13. The molecule has 0 spiro atoms. The molecule has 86 valence electrons. The number of aliphatic imine (C=N–C) groups is 1. The first-order valence-electron chi connectivity index (χ1n) is 6.23. The van der Waals surface area contributed by atoms with Crippen LogP contribution in [0.5, 0.6) is 0 Å². The third-order valence-corrected chi connectivity index (χ3v) is 4.51. The summed E-state index contributed by atoms with van der Waals surface area (Å²) < 4.78 is 0. The van der Waals surface area contributed by atoms with E-state index in [2.05, 4.69) is 24.2 Å². The summed E-state index contributed by atoms with van der Waals surface area (Å²) in [5, 5.41) is 4.79. The van der Waals surface area contributed by atoms with E-state index in [1.54, 1.807) is 0 Å². The predicted octanol–water partition coefficient (Wildman–Crippen LogP) is 3.04. The molecular weight excluding hydrogens is 204 g/mol.